The standard InChI is InChI=1S/C28H29N5O2S/c1-15-8-6-7-9-21(15)14-29-22-12-10-20(11-13-22)25-23-16(2)18(4)36-27(23)33-19(5)31-32-26(33)24(30-25)17(3)28(34)35/h6-13,17,24,29H,14H2,1-5H3,(H,34,35)/t17-,24?/m0/s1. The summed E-state index contributed by atoms with van der Waals surface area (Å²) in [6, 6.07) is 15.9. The van der Waals surface area contributed by atoms with Gasteiger partial charge in [0.05, 0.1) is 11.6 Å². The molecule has 0 radical (unpaired) electrons. The van der Waals surface area contributed by atoms with Gasteiger partial charge >= 0.3 is 5.97 Å². The second-order valence-electron chi connectivity index (χ2n) is 9.31. The molecule has 1 aliphatic rings. The second kappa shape index (κ2) is 9.35. The van der Waals surface area contributed by atoms with E-state index in [1.807, 2.05) is 17.6 Å². The normalized spacial score (nSPS) is 15.5. The van der Waals surface area contributed by atoms with E-state index in [4.69, 9.17) is 4.99 Å². The van der Waals surface area contributed by atoms with Crippen molar-refractivity contribution in [2.45, 2.75) is 47.2 Å². The molecule has 36 heavy (non-hydrogen) atoms. The summed E-state index contributed by atoms with van der Waals surface area (Å²) in [5.41, 5.74) is 7.41. The molecule has 0 saturated carbocycles. The molecule has 5 rings (SSSR count). The summed E-state index contributed by atoms with van der Waals surface area (Å²) in [7, 11) is 0. The number of carboxylic acid groups (broad SMARTS) is 1. The van der Waals surface area contributed by atoms with Gasteiger partial charge in [-0.3, -0.25) is 14.4 Å². The minimum absolute atomic E-state index is 0.566. The van der Waals surface area contributed by atoms with E-state index in [1.165, 1.54) is 16.0 Å². The van der Waals surface area contributed by atoms with Crippen molar-refractivity contribution in [3.05, 3.63) is 92.9 Å². The Balaban J connectivity index is 1.57. The monoisotopic (exact) mass is 499 g/mol. The van der Waals surface area contributed by atoms with E-state index in [0.29, 0.717) is 5.82 Å². The number of aromatic nitrogens is 3. The average molecular weight is 500 g/mol. The molecule has 2 aromatic heterocycles. The lowest BCUT2D eigenvalue weighted by Crippen LogP contribution is -2.21. The molecule has 184 valence electrons. The SMILES string of the molecule is Cc1ccccc1CNc1ccc(C2=NC([C@H](C)C(=O)O)c3nnc(C)n3-c3sc(C)c(C)c32)cc1. The highest BCUT2D eigenvalue weighted by atomic mass is 32.1. The van der Waals surface area contributed by atoms with Crippen LogP contribution in [0.1, 0.15) is 57.3 Å². The van der Waals surface area contributed by atoms with Crippen molar-refractivity contribution in [2.75, 3.05) is 5.32 Å². The Labute approximate surface area is 214 Å². The molecule has 0 saturated heterocycles. The van der Waals surface area contributed by atoms with Crippen LogP contribution < -0.4 is 5.32 Å². The summed E-state index contributed by atoms with van der Waals surface area (Å²) in [6.07, 6.45) is 0. The lowest BCUT2D eigenvalue weighted by molar-refractivity contribution is -0.141. The number of fused-ring (bicyclic) bond motifs is 3. The van der Waals surface area contributed by atoms with Crippen LogP contribution in [0.3, 0.4) is 0 Å². The largest absolute Gasteiger partial charge is 0.481 e. The van der Waals surface area contributed by atoms with Gasteiger partial charge in [0.1, 0.15) is 16.9 Å². The minimum atomic E-state index is -0.913. The van der Waals surface area contributed by atoms with Crippen LogP contribution in [0.5, 0.6) is 0 Å². The average Bonchev–Trinajstić information content (AvgIpc) is 3.33. The maximum atomic E-state index is 12.0. The summed E-state index contributed by atoms with van der Waals surface area (Å²) in [5.74, 6) is -0.379. The van der Waals surface area contributed by atoms with Gasteiger partial charge in [0.25, 0.3) is 0 Å². The van der Waals surface area contributed by atoms with Crippen molar-refractivity contribution >= 4 is 28.7 Å². The number of thiophene rings is 1. The molecular formula is C28H29N5O2S. The first-order valence-corrected chi connectivity index (χ1v) is 12.8. The first-order chi connectivity index (χ1) is 17.3. The predicted molar refractivity (Wildman–Crippen MR) is 144 cm³/mol. The molecule has 0 amide bonds. The van der Waals surface area contributed by atoms with Crippen molar-refractivity contribution in [3.63, 3.8) is 0 Å². The van der Waals surface area contributed by atoms with Gasteiger partial charge in [0.15, 0.2) is 5.82 Å². The van der Waals surface area contributed by atoms with E-state index >= 15 is 0 Å². The molecule has 0 fully saturated rings. The molecule has 1 unspecified atom stereocenters. The van der Waals surface area contributed by atoms with E-state index in [0.717, 1.165) is 45.5 Å². The molecule has 7 nitrogen and oxygen atoms in total. The number of nitrogens with one attached hydrogen (secondary N) is 1. The maximum absolute atomic E-state index is 12.0. The van der Waals surface area contributed by atoms with Crippen molar-refractivity contribution < 1.29 is 9.90 Å². The first kappa shape index (κ1) is 23.9. The van der Waals surface area contributed by atoms with E-state index in [1.54, 1.807) is 18.3 Å². The van der Waals surface area contributed by atoms with Gasteiger partial charge in [0.2, 0.25) is 0 Å². The molecular weight excluding hydrogens is 470 g/mol. The smallest absolute Gasteiger partial charge is 0.308 e. The molecule has 0 aliphatic carbocycles. The fourth-order valence-corrected chi connectivity index (χ4v) is 5.78. The summed E-state index contributed by atoms with van der Waals surface area (Å²) in [4.78, 5) is 18.3. The lowest BCUT2D eigenvalue weighted by Gasteiger charge is -2.16. The fraction of sp³-hybridized carbons (Fsp3) is 0.286. The summed E-state index contributed by atoms with van der Waals surface area (Å²) in [6.45, 7) is 10.6. The molecule has 2 atom stereocenters. The number of hydrogen-bond donors (Lipinski definition) is 2. The van der Waals surface area contributed by atoms with Gasteiger partial charge in [0, 0.05) is 28.2 Å². The Hall–Kier alpha value is -3.78. The molecule has 3 heterocycles. The number of carboxylic acids is 1. The van der Waals surface area contributed by atoms with Gasteiger partial charge in [-0.25, -0.2) is 0 Å². The topological polar surface area (TPSA) is 92.4 Å². The van der Waals surface area contributed by atoms with Crippen LogP contribution in [-0.4, -0.2) is 31.6 Å². The van der Waals surface area contributed by atoms with Gasteiger partial charge in [-0.2, -0.15) is 0 Å². The first-order valence-electron chi connectivity index (χ1n) is 12.0. The Kier molecular flexibility index (Phi) is 6.22. The van der Waals surface area contributed by atoms with E-state index in [-0.39, 0.29) is 0 Å². The highest BCUT2D eigenvalue weighted by Gasteiger charge is 2.36. The zero-order valence-electron chi connectivity index (χ0n) is 21.0. The third kappa shape index (κ3) is 4.11. The number of hydrogen-bond acceptors (Lipinski definition) is 6. The third-order valence-corrected chi connectivity index (χ3v) is 8.15. The maximum Gasteiger partial charge on any atom is 0.308 e. The lowest BCUT2D eigenvalue weighted by atomic mass is 9.98. The second-order valence-corrected chi connectivity index (χ2v) is 10.5. The number of benzene rings is 2. The van der Waals surface area contributed by atoms with E-state index < -0.39 is 17.9 Å². The molecule has 4 aromatic rings. The van der Waals surface area contributed by atoms with Crippen LogP contribution in [0.15, 0.2) is 53.5 Å². The number of aryl methyl sites for hydroxylation is 3. The minimum Gasteiger partial charge on any atom is -0.481 e. The summed E-state index contributed by atoms with van der Waals surface area (Å²) >= 11 is 1.66. The van der Waals surface area contributed by atoms with Crippen LogP contribution in [-0.2, 0) is 11.3 Å². The van der Waals surface area contributed by atoms with Crippen molar-refractivity contribution in [2.24, 2.45) is 10.9 Å². The zero-order chi connectivity index (χ0) is 25.6. The molecule has 0 bridgehead atoms. The Morgan fingerprint density at radius 3 is 2.50 bits per heavy atom. The molecule has 2 aromatic carbocycles. The number of anilines is 1. The number of aliphatic carboxylic acids is 1. The van der Waals surface area contributed by atoms with Crippen molar-refractivity contribution in [3.8, 4) is 5.00 Å². The van der Waals surface area contributed by atoms with Gasteiger partial charge in [-0.05, 0) is 63.4 Å². The molecule has 1 aliphatic heterocycles. The molecule has 0 spiro atoms. The van der Waals surface area contributed by atoms with Crippen LogP contribution in [0, 0.1) is 33.6 Å². The van der Waals surface area contributed by atoms with Gasteiger partial charge < -0.3 is 10.4 Å². The Bertz CT molecular complexity index is 1480. The summed E-state index contributed by atoms with van der Waals surface area (Å²) < 4.78 is 1.98. The predicted octanol–water partition coefficient (Wildman–Crippen LogP) is 5.79. The highest BCUT2D eigenvalue weighted by Crippen LogP contribution is 2.40. The van der Waals surface area contributed by atoms with E-state index in [2.05, 4.69) is 78.7 Å². The highest BCUT2D eigenvalue weighted by molar-refractivity contribution is 7.15. The molecule has 2 N–H and O–H groups in total. The van der Waals surface area contributed by atoms with Crippen LogP contribution in [0.25, 0.3) is 5.00 Å². The van der Waals surface area contributed by atoms with Crippen LogP contribution >= 0.6 is 11.3 Å². The fourth-order valence-electron chi connectivity index (χ4n) is 4.57. The van der Waals surface area contributed by atoms with Crippen molar-refractivity contribution in [1.29, 1.82) is 0 Å². The number of aliphatic imine (C=N–C) groups is 1. The van der Waals surface area contributed by atoms with Crippen LogP contribution in [0.4, 0.5) is 5.69 Å². The number of rotatable bonds is 6. The summed E-state index contributed by atoms with van der Waals surface area (Å²) in [5, 5.41) is 23.0. The number of nitrogens with zero attached hydrogens (tertiary/aromatic N) is 4. The molecule has 8 heteroatoms. The van der Waals surface area contributed by atoms with E-state index in [9.17, 15) is 9.90 Å². The zero-order valence-corrected chi connectivity index (χ0v) is 21.8. The third-order valence-electron chi connectivity index (χ3n) is 6.95. The van der Waals surface area contributed by atoms with Crippen molar-refractivity contribution in [1.82, 2.24) is 14.8 Å². The van der Waals surface area contributed by atoms with Gasteiger partial charge in [-0.1, -0.05) is 36.4 Å². The quantitative estimate of drug-likeness (QED) is 0.350. The van der Waals surface area contributed by atoms with Crippen LogP contribution in [0.2, 0.25) is 0 Å². The van der Waals surface area contributed by atoms with Gasteiger partial charge in [-0.15, -0.1) is 21.5 Å². The number of carbonyl (C=O) groups is 1. The Morgan fingerprint density at radius 1 is 1.08 bits per heavy atom. The Morgan fingerprint density at radius 2 is 1.81 bits per heavy atom.